The summed E-state index contributed by atoms with van der Waals surface area (Å²) in [7, 11) is 0. The van der Waals surface area contributed by atoms with Crippen LogP contribution in [0.1, 0.15) is 16.9 Å². The fourth-order valence-electron chi connectivity index (χ4n) is 2.10. The van der Waals surface area contributed by atoms with Crippen LogP contribution in [0.3, 0.4) is 0 Å². The average Bonchev–Trinajstić information content (AvgIpc) is 3.25. The number of para-hydroxylation sites is 1. The van der Waals surface area contributed by atoms with Crippen LogP contribution in [-0.4, -0.2) is 42.5 Å². The van der Waals surface area contributed by atoms with E-state index in [2.05, 4.69) is 31.0 Å². The molecule has 2 aromatic heterocycles. The Morgan fingerprint density at radius 3 is 2.76 bits per heavy atom. The third kappa shape index (κ3) is 4.19. The first kappa shape index (κ1) is 16.6. The number of rotatable bonds is 5. The maximum atomic E-state index is 12.3. The second kappa shape index (κ2) is 6.71. The van der Waals surface area contributed by atoms with Gasteiger partial charge in [0.15, 0.2) is 5.69 Å². The van der Waals surface area contributed by atoms with Gasteiger partial charge in [0.1, 0.15) is 0 Å². The second-order valence-corrected chi connectivity index (χ2v) is 5.06. The number of H-pyrrole nitrogens is 1. The van der Waals surface area contributed by atoms with E-state index in [0.717, 1.165) is 4.68 Å². The summed E-state index contributed by atoms with van der Waals surface area (Å²) in [5.74, 6) is -0.256. The Morgan fingerprint density at radius 1 is 1.24 bits per heavy atom. The third-order valence-electron chi connectivity index (χ3n) is 3.26. The summed E-state index contributed by atoms with van der Waals surface area (Å²) < 4.78 is 37.8. The Balaban J connectivity index is 1.72. The van der Waals surface area contributed by atoms with Crippen LogP contribution in [0.4, 0.5) is 18.9 Å². The van der Waals surface area contributed by atoms with Crippen LogP contribution in [0.25, 0.3) is 11.4 Å². The first-order valence-electron chi connectivity index (χ1n) is 7.17. The number of hydrogen-bond acceptors (Lipinski definition) is 5. The fourth-order valence-corrected chi connectivity index (χ4v) is 2.10. The van der Waals surface area contributed by atoms with Crippen molar-refractivity contribution in [2.45, 2.75) is 19.1 Å². The van der Waals surface area contributed by atoms with Crippen molar-refractivity contribution in [2.24, 2.45) is 0 Å². The van der Waals surface area contributed by atoms with Gasteiger partial charge < -0.3 is 5.32 Å². The lowest BCUT2D eigenvalue weighted by Crippen LogP contribution is -2.16. The normalized spacial score (nSPS) is 11.5. The number of nitrogens with one attached hydrogen (secondary N) is 2. The molecular weight excluding hydrogens is 339 g/mol. The van der Waals surface area contributed by atoms with Crippen LogP contribution in [0.15, 0.2) is 36.5 Å². The molecule has 11 heteroatoms. The van der Waals surface area contributed by atoms with Crippen molar-refractivity contribution in [2.75, 3.05) is 5.32 Å². The van der Waals surface area contributed by atoms with Crippen LogP contribution in [0, 0.1) is 0 Å². The lowest BCUT2D eigenvalue weighted by atomic mass is 10.1. The summed E-state index contributed by atoms with van der Waals surface area (Å²) in [4.78, 5) is 12.3. The molecule has 0 radical (unpaired) electrons. The van der Waals surface area contributed by atoms with Crippen molar-refractivity contribution in [1.29, 1.82) is 0 Å². The molecule has 2 heterocycles. The highest BCUT2D eigenvalue weighted by Crippen LogP contribution is 2.24. The van der Waals surface area contributed by atoms with E-state index in [9.17, 15) is 18.0 Å². The van der Waals surface area contributed by atoms with Crippen LogP contribution in [-0.2, 0) is 6.54 Å². The van der Waals surface area contributed by atoms with Gasteiger partial charge in [-0.3, -0.25) is 9.48 Å². The molecule has 1 aromatic carbocycles. The summed E-state index contributed by atoms with van der Waals surface area (Å²) >= 11 is 0. The van der Waals surface area contributed by atoms with Crippen molar-refractivity contribution in [3.63, 3.8) is 0 Å². The zero-order chi connectivity index (χ0) is 17.9. The molecule has 2 N–H and O–H groups in total. The van der Waals surface area contributed by atoms with Gasteiger partial charge in [-0.25, -0.2) is 0 Å². The molecule has 0 saturated carbocycles. The van der Waals surface area contributed by atoms with Gasteiger partial charge in [0.2, 0.25) is 5.82 Å². The van der Waals surface area contributed by atoms with Gasteiger partial charge in [0, 0.05) is 18.3 Å². The van der Waals surface area contributed by atoms with Crippen LogP contribution in [0.2, 0.25) is 0 Å². The molecule has 0 atom stereocenters. The number of alkyl halides is 3. The minimum Gasteiger partial charge on any atom is -0.320 e. The summed E-state index contributed by atoms with van der Waals surface area (Å²) in [5, 5.41) is 20.0. The van der Waals surface area contributed by atoms with Gasteiger partial charge in [0.25, 0.3) is 5.91 Å². The number of nitrogens with zero attached hydrogens (tertiary/aromatic N) is 5. The first-order chi connectivity index (χ1) is 11.9. The smallest absolute Gasteiger partial charge is 0.320 e. The van der Waals surface area contributed by atoms with Crippen LogP contribution >= 0.6 is 0 Å². The van der Waals surface area contributed by atoms with E-state index < -0.39 is 18.5 Å². The Kier molecular flexibility index (Phi) is 4.46. The molecule has 0 unspecified atom stereocenters. The van der Waals surface area contributed by atoms with E-state index in [0.29, 0.717) is 17.1 Å². The highest BCUT2D eigenvalue weighted by Gasteiger charge is 2.27. The minimum atomic E-state index is -4.28. The van der Waals surface area contributed by atoms with E-state index in [1.165, 1.54) is 12.3 Å². The van der Waals surface area contributed by atoms with Crippen molar-refractivity contribution in [3.8, 4) is 11.4 Å². The number of benzene rings is 1. The zero-order valence-corrected chi connectivity index (χ0v) is 12.7. The number of carbonyl (C=O) groups is 1. The standard InChI is InChI=1S/C14H12F3N7O/c15-14(16,17)6-8-24-7-5-11(21-24)13(25)18-10-4-2-1-3-9(10)12-19-22-23-20-12/h1-5,7H,6,8H2,(H,18,25)(H,19,20,22,23). The van der Waals surface area contributed by atoms with Crippen LogP contribution < -0.4 is 5.32 Å². The SMILES string of the molecule is O=C(Nc1ccccc1-c1nn[nH]n1)c1ccn(CCC(F)(F)F)n1. The van der Waals surface area contributed by atoms with Crippen LogP contribution in [0.5, 0.6) is 0 Å². The van der Waals surface area contributed by atoms with Gasteiger partial charge >= 0.3 is 6.18 Å². The molecular formula is C14H12F3N7O. The van der Waals surface area contributed by atoms with Crippen molar-refractivity contribution in [3.05, 3.63) is 42.2 Å². The van der Waals surface area contributed by atoms with E-state index in [1.54, 1.807) is 24.3 Å². The maximum absolute atomic E-state index is 12.3. The minimum absolute atomic E-state index is 0.00471. The van der Waals surface area contributed by atoms with Crippen molar-refractivity contribution >= 4 is 11.6 Å². The molecule has 3 rings (SSSR count). The largest absolute Gasteiger partial charge is 0.390 e. The topological polar surface area (TPSA) is 101 Å². The number of amides is 1. The summed E-state index contributed by atoms with van der Waals surface area (Å²) in [6.45, 7) is -0.351. The molecule has 0 aliphatic rings. The van der Waals surface area contributed by atoms with Gasteiger partial charge in [-0.1, -0.05) is 12.1 Å². The molecule has 0 aliphatic heterocycles. The Labute approximate surface area is 139 Å². The number of halogens is 3. The number of tetrazole rings is 1. The predicted molar refractivity (Wildman–Crippen MR) is 80.5 cm³/mol. The summed E-state index contributed by atoms with van der Waals surface area (Å²) in [5.41, 5.74) is 0.977. The predicted octanol–water partition coefficient (Wildman–Crippen LogP) is 2.27. The van der Waals surface area contributed by atoms with E-state index in [4.69, 9.17) is 0 Å². The fraction of sp³-hybridized carbons (Fsp3) is 0.214. The molecule has 3 aromatic rings. The molecule has 0 saturated heterocycles. The Bertz CT molecular complexity index is 857. The van der Waals surface area contributed by atoms with E-state index >= 15 is 0 Å². The van der Waals surface area contributed by atoms with E-state index in [1.807, 2.05) is 0 Å². The number of aromatic amines is 1. The molecule has 130 valence electrons. The molecule has 0 fully saturated rings. The summed E-state index contributed by atoms with van der Waals surface area (Å²) in [6.07, 6.45) is -3.97. The van der Waals surface area contributed by atoms with Gasteiger partial charge in [-0.15, -0.1) is 10.2 Å². The molecule has 0 aliphatic carbocycles. The zero-order valence-electron chi connectivity index (χ0n) is 12.7. The lowest BCUT2D eigenvalue weighted by molar-refractivity contribution is -0.137. The molecule has 25 heavy (non-hydrogen) atoms. The molecule has 8 nitrogen and oxygen atoms in total. The number of aryl methyl sites for hydroxylation is 1. The average molecular weight is 351 g/mol. The van der Waals surface area contributed by atoms with Crippen molar-refractivity contribution < 1.29 is 18.0 Å². The van der Waals surface area contributed by atoms with E-state index in [-0.39, 0.29) is 12.2 Å². The second-order valence-electron chi connectivity index (χ2n) is 5.06. The number of aromatic nitrogens is 6. The molecule has 1 amide bonds. The highest BCUT2D eigenvalue weighted by atomic mass is 19.4. The quantitative estimate of drug-likeness (QED) is 0.734. The first-order valence-corrected chi connectivity index (χ1v) is 7.17. The molecule has 0 spiro atoms. The summed E-state index contributed by atoms with van der Waals surface area (Å²) in [6, 6.07) is 8.14. The lowest BCUT2D eigenvalue weighted by Gasteiger charge is -2.07. The third-order valence-corrected chi connectivity index (χ3v) is 3.26. The van der Waals surface area contributed by atoms with Gasteiger partial charge in [-0.2, -0.15) is 23.5 Å². The number of hydrogen-bond donors (Lipinski definition) is 2. The number of anilines is 1. The van der Waals surface area contributed by atoms with Crippen molar-refractivity contribution in [1.82, 2.24) is 30.4 Å². The highest BCUT2D eigenvalue weighted by molar-refractivity contribution is 6.04. The monoisotopic (exact) mass is 351 g/mol. The van der Waals surface area contributed by atoms with Gasteiger partial charge in [0.05, 0.1) is 12.1 Å². The molecule has 0 bridgehead atoms. The Hall–Kier alpha value is -3.24. The Morgan fingerprint density at radius 2 is 2.04 bits per heavy atom. The number of carbonyl (C=O) groups excluding carboxylic acids is 1. The maximum Gasteiger partial charge on any atom is 0.390 e. The van der Waals surface area contributed by atoms with Gasteiger partial charge in [-0.05, 0) is 23.4 Å².